The number of rotatable bonds is 0. The van der Waals surface area contributed by atoms with Gasteiger partial charge in [0, 0.05) is 26.2 Å². The van der Waals surface area contributed by atoms with Gasteiger partial charge in [-0.2, -0.15) is 0 Å². The van der Waals surface area contributed by atoms with E-state index in [-0.39, 0.29) is 11.8 Å². The van der Waals surface area contributed by atoms with Crippen LogP contribution in [-0.2, 0) is 6.54 Å². The molecule has 0 bridgehead atoms. The highest BCUT2D eigenvalue weighted by molar-refractivity contribution is 7.71. The number of carbonyl (C=O) groups is 2. The lowest BCUT2D eigenvalue weighted by Gasteiger charge is -2.07. The van der Waals surface area contributed by atoms with E-state index in [9.17, 15) is 9.59 Å². The van der Waals surface area contributed by atoms with Crippen molar-refractivity contribution in [2.75, 3.05) is 30.7 Å². The van der Waals surface area contributed by atoms with Crippen LogP contribution in [0.15, 0.2) is 36.4 Å². The van der Waals surface area contributed by atoms with Gasteiger partial charge >= 0.3 is 0 Å². The first-order valence-electron chi connectivity index (χ1n) is 8.96. The maximum atomic E-state index is 11.7. The molecule has 0 unspecified atom stereocenters. The monoisotopic (exact) mass is 396 g/mol. The van der Waals surface area contributed by atoms with Crippen LogP contribution >= 0.6 is 12.2 Å². The Morgan fingerprint density at radius 3 is 2.43 bits per heavy atom. The molecule has 144 valence electrons. The Hall–Kier alpha value is -3.33. The lowest BCUT2D eigenvalue weighted by molar-refractivity contribution is 0.0949. The molecule has 0 radical (unpaired) electrons. The smallest absolute Gasteiger partial charge is 0.253 e. The Morgan fingerprint density at radius 1 is 0.893 bits per heavy atom. The van der Waals surface area contributed by atoms with Crippen LogP contribution in [0.2, 0.25) is 0 Å². The maximum Gasteiger partial charge on any atom is 0.253 e. The van der Waals surface area contributed by atoms with E-state index in [1.54, 1.807) is 18.2 Å². The number of anilines is 2. The van der Waals surface area contributed by atoms with Gasteiger partial charge in [-0.1, -0.05) is 12.1 Å². The second kappa shape index (κ2) is 7.35. The van der Waals surface area contributed by atoms with Gasteiger partial charge in [0.05, 0.1) is 33.5 Å². The quantitative estimate of drug-likeness (QED) is 0.294. The second-order valence-electron chi connectivity index (χ2n) is 6.49. The van der Waals surface area contributed by atoms with Gasteiger partial charge in [0.2, 0.25) is 0 Å². The summed E-state index contributed by atoms with van der Waals surface area (Å²) in [5.74, 6) is -0.0897. The van der Waals surface area contributed by atoms with Crippen molar-refractivity contribution in [3.8, 4) is 0 Å². The number of para-hydroxylation sites is 2. The van der Waals surface area contributed by atoms with Crippen molar-refractivity contribution in [2.45, 2.75) is 6.54 Å². The van der Waals surface area contributed by atoms with Crippen molar-refractivity contribution in [3.05, 3.63) is 52.3 Å². The SMILES string of the molecule is Nc1cccc2c1NCCNC2=O.O=C1NCCn2c(=S)[nH]c3cccc1c32. The van der Waals surface area contributed by atoms with Crippen molar-refractivity contribution in [1.82, 2.24) is 20.2 Å². The molecule has 8 nitrogen and oxygen atoms in total. The van der Waals surface area contributed by atoms with Crippen LogP contribution in [0.5, 0.6) is 0 Å². The minimum absolute atomic E-state index is 0.0270. The van der Waals surface area contributed by atoms with Crippen LogP contribution in [-0.4, -0.2) is 41.0 Å². The molecule has 0 spiro atoms. The average molecular weight is 396 g/mol. The molecule has 2 amide bonds. The van der Waals surface area contributed by atoms with Crippen LogP contribution in [0.4, 0.5) is 11.4 Å². The summed E-state index contributed by atoms with van der Waals surface area (Å²) < 4.78 is 2.65. The van der Waals surface area contributed by atoms with Gasteiger partial charge in [0.1, 0.15) is 0 Å². The Morgan fingerprint density at radius 2 is 1.57 bits per heavy atom. The zero-order chi connectivity index (χ0) is 19.7. The third-order valence-corrected chi connectivity index (χ3v) is 5.03. The van der Waals surface area contributed by atoms with Crippen molar-refractivity contribution < 1.29 is 9.59 Å². The number of nitrogens with one attached hydrogen (secondary N) is 4. The molecule has 2 aliphatic rings. The number of imidazole rings is 1. The van der Waals surface area contributed by atoms with Crippen LogP contribution in [0, 0.1) is 4.77 Å². The van der Waals surface area contributed by atoms with E-state index < -0.39 is 0 Å². The topological polar surface area (TPSA) is 117 Å². The van der Waals surface area contributed by atoms with E-state index in [0.29, 0.717) is 41.2 Å². The first-order valence-corrected chi connectivity index (χ1v) is 9.37. The summed E-state index contributed by atoms with van der Waals surface area (Å²) in [5, 5.41) is 8.73. The highest BCUT2D eigenvalue weighted by Gasteiger charge is 2.18. The Kier molecular flexibility index (Phi) is 4.74. The van der Waals surface area contributed by atoms with Gasteiger partial charge in [0.15, 0.2) is 4.77 Å². The number of aromatic nitrogens is 2. The predicted molar refractivity (Wildman–Crippen MR) is 111 cm³/mol. The lowest BCUT2D eigenvalue weighted by Crippen LogP contribution is -2.24. The molecule has 3 heterocycles. The molecule has 0 saturated carbocycles. The highest BCUT2D eigenvalue weighted by atomic mass is 32.1. The van der Waals surface area contributed by atoms with E-state index in [2.05, 4.69) is 20.9 Å². The zero-order valence-electron chi connectivity index (χ0n) is 15.0. The van der Waals surface area contributed by atoms with Gasteiger partial charge in [-0.15, -0.1) is 0 Å². The first-order chi connectivity index (χ1) is 13.6. The maximum absolute atomic E-state index is 11.7. The van der Waals surface area contributed by atoms with Crippen molar-refractivity contribution in [2.24, 2.45) is 0 Å². The Labute approximate surface area is 166 Å². The fraction of sp³-hybridized carbons (Fsp3) is 0.211. The Bertz CT molecular complexity index is 1130. The van der Waals surface area contributed by atoms with Crippen molar-refractivity contribution in [3.63, 3.8) is 0 Å². The normalized spacial score (nSPS) is 15.1. The molecule has 1 aromatic heterocycles. The molecule has 5 rings (SSSR count). The predicted octanol–water partition coefficient (Wildman–Crippen LogP) is 1.87. The lowest BCUT2D eigenvalue weighted by atomic mass is 10.1. The summed E-state index contributed by atoms with van der Waals surface area (Å²) in [5.41, 5.74) is 10.3. The summed E-state index contributed by atoms with van der Waals surface area (Å²) in [6.45, 7) is 2.69. The number of nitrogens with zero attached hydrogens (tertiary/aromatic N) is 1. The molecule has 0 atom stereocenters. The van der Waals surface area contributed by atoms with Gasteiger partial charge in [-0.05, 0) is 36.5 Å². The molecule has 2 aliphatic heterocycles. The summed E-state index contributed by atoms with van der Waals surface area (Å²) in [4.78, 5) is 26.3. The van der Waals surface area contributed by atoms with E-state index in [4.69, 9.17) is 18.0 Å². The fourth-order valence-electron chi connectivity index (χ4n) is 3.41. The molecular weight excluding hydrogens is 376 g/mol. The molecule has 0 saturated heterocycles. The number of nitrogens with two attached hydrogens (primary N) is 1. The van der Waals surface area contributed by atoms with E-state index in [1.807, 2.05) is 22.8 Å². The summed E-state index contributed by atoms with van der Waals surface area (Å²) in [6, 6.07) is 10.9. The van der Waals surface area contributed by atoms with E-state index in [1.165, 1.54) is 0 Å². The number of H-pyrrole nitrogens is 1. The molecule has 28 heavy (non-hydrogen) atoms. The molecule has 9 heteroatoms. The van der Waals surface area contributed by atoms with Gasteiger partial charge in [0.25, 0.3) is 11.8 Å². The van der Waals surface area contributed by atoms with E-state index >= 15 is 0 Å². The number of hydrogen-bond donors (Lipinski definition) is 5. The Balaban J connectivity index is 0.000000139. The van der Waals surface area contributed by atoms with Gasteiger partial charge in [-0.25, -0.2) is 0 Å². The number of fused-ring (bicyclic) bond motifs is 1. The summed E-state index contributed by atoms with van der Waals surface area (Å²) in [6.07, 6.45) is 0. The average Bonchev–Trinajstić information content (AvgIpc) is 2.82. The largest absolute Gasteiger partial charge is 0.397 e. The van der Waals surface area contributed by atoms with Crippen LogP contribution < -0.4 is 21.7 Å². The third-order valence-electron chi connectivity index (χ3n) is 4.71. The third kappa shape index (κ3) is 3.20. The van der Waals surface area contributed by atoms with Crippen LogP contribution in [0.3, 0.4) is 0 Å². The number of benzene rings is 2. The molecule has 6 N–H and O–H groups in total. The van der Waals surface area contributed by atoms with Gasteiger partial charge < -0.3 is 31.2 Å². The molecule has 0 aliphatic carbocycles. The van der Waals surface area contributed by atoms with Crippen LogP contribution in [0.25, 0.3) is 11.0 Å². The summed E-state index contributed by atoms with van der Waals surface area (Å²) >= 11 is 5.21. The molecule has 3 aromatic rings. The van der Waals surface area contributed by atoms with Crippen molar-refractivity contribution in [1.29, 1.82) is 0 Å². The van der Waals surface area contributed by atoms with Gasteiger partial charge in [-0.3, -0.25) is 9.59 Å². The number of hydrogen-bond acceptors (Lipinski definition) is 5. The molecular formula is C19H20N6O2S. The zero-order valence-corrected chi connectivity index (χ0v) is 15.9. The number of carbonyl (C=O) groups excluding carboxylic acids is 2. The summed E-state index contributed by atoms with van der Waals surface area (Å²) in [7, 11) is 0. The first kappa shape index (κ1) is 18.1. The van der Waals surface area contributed by atoms with Crippen molar-refractivity contribution >= 4 is 46.4 Å². The number of amides is 2. The number of nitrogen functional groups attached to an aromatic ring is 1. The molecule has 2 aromatic carbocycles. The fourth-order valence-corrected chi connectivity index (χ4v) is 3.70. The second-order valence-corrected chi connectivity index (χ2v) is 6.88. The van der Waals surface area contributed by atoms with Crippen LogP contribution in [0.1, 0.15) is 20.7 Å². The minimum atomic E-state index is -0.0627. The van der Waals surface area contributed by atoms with E-state index in [0.717, 1.165) is 23.3 Å². The standard InChI is InChI=1S/C10H9N3OS.C9H11N3O/c14-9-6-2-1-3-7-8(6)13(5-4-11-9)10(15)12-7;10-7-3-1-2-6-8(7)11-4-5-12-9(6)13/h1-3H,4-5H2,(H,11,14)(H,12,15);1-3,11H,4-5,10H2,(H,12,13). The minimum Gasteiger partial charge on any atom is -0.397 e. The number of aromatic amines is 1. The highest BCUT2D eigenvalue weighted by Crippen LogP contribution is 2.24. The molecule has 0 fully saturated rings.